The molecule has 0 atom stereocenters. The van der Waals surface area contributed by atoms with E-state index in [4.69, 9.17) is 5.73 Å². The maximum atomic E-state index is 13.1. The molecule has 0 aliphatic carbocycles. The van der Waals surface area contributed by atoms with Crippen molar-refractivity contribution in [3.05, 3.63) is 48.4 Å². The molecule has 0 saturated heterocycles. The van der Waals surface area contributed by atoms with E-state index in [1.807, 2.05) is 30.3 Å². The highest BCUT2D eigenvalue weighted by Gasteiger charge is 2.02. The number of halogens is 1. The normalized spacial score (nSPS) is 10.1. The molecule has 0 spiro atoms. The van der Waals surface area contributed by atoms with Crippen LogP contribution in [-0.2, 0) is 0 Å². The second kappa shape index (κ2) is 3.46. The Bertz CT molecular complexity index is 440. The first-order valence-corrected chi connectivity index (χ1v) is 4.24. The fraction of sp³-hybridized carbons (Fsp3) is 0. The van der Waals surface area contributed by atoms with Gasteiger partial charge in [-0.25, -0.2) is 9.37 Å². The van der Waals surface area contributed by atoms with Crippen LogP contribution in [0.15, 0.2) is 42.6 Å². The Hall–Kier alpha value is -1.90. The Morgan fingerprint density at radius 3 is 2.43 bits per heavy atom. The largest absolute Gasteiger partial charge is 0.381 e. The third-order valence-electron chi connectivity index (χ3n) is 1.98. The zero-order valence-corrected chi connectivity index (χ0v) is 7.44. The van der Waals surface area contributed by atoms with Crippen LogP contribution in [0.5, 0.6) is 0 Å². The summed E-state index contributed by atoms with van der Waals surface area (Å²) in [6, 6.07) is 10.9. The fourth-order valence-electron chi connectivity index (χ4n) is 1.24. The van der Waals surface area contributed by atoms with Gasteiger partial charge in [0.15, 0.2) is 11.6 Å². The molecule has 0 amide bonds. The summed E-state index contributed by atoms with van der Waals surface area (Å²) in [5.41, 5.74) is 6.94. The van der Waals surface area contributed by atoms with Crippen LogP contribution in [0.4, 0.5) is 10.2 Å². The Morgan fingerprint density at radius 1 is 1.07 bits per heavy atom. The number of nitrogens with two attached hydrogens (primary N) is 1. The molecule has 1 aromatic heterocycles. The second-order valence-electron chi connectivity index (χ2n) is 2.96. The predicted molar refractivity (Wildman–Crippen MR) is 54.0 cm³/mol. The van der Waals surface area contributed by atoms with E-state index in [1.165, 1.54) is 6.07 Å². The van der Waals surface area contributed by atoms with Gasteiger partial charge in [-0.3, -0.25) is 0 Å². The van der Waals surface area contributed by atoms with E-state index in [-0.39, 0.29) is 5.82 Å². The van der Waals surface area contributed by atoms with Crippen molar-refractivity contribution in [2.24, 2.45) is 0 Å². The molecule has 0 unspecified atom stereocenters. The Balaban J connectivity index is 2.48. The first-order valence-electron chi connectivity index (χ1n) is 4.24. The molecule has 1 heterocycles. The molecule has 1 aromatic carbocycles. The van der Waals surface area contributed by atoms with Crippen molar-refractivity contribution in [1.29, 1.82) is 0 Å². The van der Waals surface area contributed by atoms with Crippen molar-refractivity contribution in [2.45, 2.75) is 0 Å². The highest BCUT2D eigenvalue weighted by atomic mass is 19.1. The van der Waals surface area contributed by atoms with Crippen molar-refractivity contribution in [3.8, 4) is 11.1 Å². The number of anilines is 1. The Kier molecular flexibility index (Phi) is 2.14. The number of hydrogen-bond acceptors (Lipinski definition) is 2. The van der Waals surface area contributed by atoms with Crippen molar-refractivity contribution < 1.29 is 4.39 Å². The molecule has 2 rings (SSSR count). The van der Waals surface area contributed by atoms with Crippen LogP contribution in [0.3, 0.4) is 0 Å². The number of aromatic nitrogens is 1. The summed E-state index contributed by atoms with van der Waals surface area (Å²) >= 11 is 0. The lowest BCUT2D eigenvalue weighted by molar-refractivity contribution is 0.628. The van der Waals surface area contributed by atoms with Gasteiger partial charge in [-0.2, -0.15) is 0 Å². The van der Waals surface area contributed by atoms with E-state index in [1.54, 1.807) is 6.20 Å². The van der Waals surface area contributed by atoms with Gasteiger partial charge in [0.2, 0.25) is 0 Å². The highest BCUT2D eigenvalue weighted by Crippen LogP contribution is 2.20. The van der Waals surface area contributed by atoms with Crippen molar-refractivity contribution in [2.75, 3.05) is 5.73 Å². The lowest BCUT2D eigenvalue weighted by Gasteiger charge is -2.01. The van der Waals surface area contributed by atoms with Gasteiger partial charge in [-0.15, -0.1) is 0 Å². The average Bonchev–Trinajstić information content (AvgIpc) is 2.23. The average molecular weight is 188 g/mol. The van der Waals surface area contributed by atoms with Gasteiger partial charge in [-0.1, -0.05) is 30.3 Å². The quantitative estimate of drug-likeness (QED) is 0.746. The van der Waals surface area contributed by atoms with Gasteiger partial charge in [0.1, 0.15) is 0 Å². The number of pyridine rings is 1. The summed E-state index contributed by atoms with van der Waals surface area (Å²) in [7, 11) is 0. The molecule has 0 fully saturated rings. The highest BCUT2D eigenvalue weighted by molar-refractivity contribution is 5.63. The molecule has 0 aliphatic heterocycles. The van der Waals surface area contributed by atoms with E-state index in [0.29, 0.717) is 0 Å². The molecule has 70 valence electrons. The smallest absolute Gasteiger partial charge is 0.165 e. The lowest BCUT2D eigenvalue weighted by atomic mass is 10.1. The SMILES string of the molecule is Nc1ncc(-c2ccccc2)cc1F. The molecule has 0 aliphatic rings. The molecule has 3 heteroatoms. The zero-order chi connectivity index (χ0) is 9.97. The summed E-state index contributed by atoms with van der Waals surface area (Å²) < 4.78 is 13.1. The van der Waals surface area contributed by atoms with Crippen molar-refractivity contribution >= 4 is 5.82 Å². The van der Waals surface area contributed by atoms with Crippen molar-refractivity contribution in [1.82, 2.24) is 4.98 Å². The molecular formula is C11H9FN2. The first-order chi connectivity index (χ1) is 6.77. The summed E-state index contributed by atoms with van der Waals surface area (Å²) in [5, 5.41) is 0. The van der Waals surface area contributed by atoms with E-state index < -0.39 is 5.82 Å². The molecule has 14 heavy (non-hydrogen) atoms. The molecule has 0 saturated carbocycles. The molecule has 0 bridgehead atoms. The lowest BCUT2D eigenvalue weighted by Crippen LogP contribution is -1.94. The third-order valence-corrected chi connectivity index (χ3v) is 1.98. The minimum atomic E-state index is -0.480. The Morgan fingerprint density at radius 2 is 1.79 bits per heavy atom. The fourth-order valence-corrected chi connectivity index (χ4v) is 1.24. The summed E-state index contributed by atoms with van der Waals surface area (Å²) in [6.07, 6.45) is 1.56. The summed E-state index contributed by atoms with van der Waals surface area (Å²) in [5.74, 6) is -0.545. The van der Waals surface area contributed by atoms with Gasteiger partial charge >= 0.3 is 0 Å². The van der Waals surface area contributed by atoms with Crippen LogP contribution in [0, 0.1) is 5.82 Å². The predicted octanol–water partition coefficient (Wildman–Crippen LogP) is 2.47. The van der Waals surface area contributed by atoms with Crippen LogP contribution >= 0.6 is 0 Å². The summed E-state index contributed by atoms with van der Waals surface area (Å²) in [6.45, 7) is 0. The van der Waals surface area contributed by atoms with Crippen LogP contribution in [0.25, 0.3) is 11.1 Å². The van der Waals surface area contributed by atoms with E-state index in [0.717, 1.165) is 11.1 Å². The second-order valence-corrected chi connectivity index (χ2v) is 2.96. The molecular weight excluding hydrogens is 179 g/mol. The van der Waals surface area contributed by atoms with Crippen LogP contribution < -0.4 is 5.73 Å². The number of rotatable bonds is 1. The van der Waals surface area contributed by atoms with Gasteiger partial charge in [0, 0.05) is 11.8 Å². The van der Waals surface area contributed by atoms with Gasteiger partial charge in [0.25, 0.3) is 0 Å². The van der Waals surface area contributed by atoms with Gasteiger partial charge < -0.3 is 5.73 Å². The molecule has 0 radical (unpaired) electrons. The van der Waals surface area contributed by atoms with Crippen LogP contribution in [0.1, 0.15) is 0 Å². The maximum absolute atomic E-state index is 13.1. The molecule has 2 aromatic rings. The van der Waals surface area contributed by atoms with E-state index >= 15 is 0 Å². The standard InChI is InChI=1S/C11H9FN2/c12-10-6-9(7-14-11(10)13)8-4-2-1-3-5-8/h1-7H,(H2,13,14). The van der Waals surface area contributed by atoms with Gasteiger partial charge in [0.05, 0.1) is 0 Å². The molecule has 2 nitrogen and oxygen atoms in total. The minimum Gasteiger partial charge on any atom is -0.381 e. The van der Waals surface area contributed by atoms with Crippen molar-refractivity contribution in [3.63, 3.8) is 0 Å². The van der Waals surface area contributed by atoms with Crippen LogP contribution in [-0.4, -0.2) is 4.98 Å². The number of nitrogen functional groups attached to an aromatic ring is 1. The van der Waals surface area contributed by atoms with E-state index in [9.17, 15) is 4.39 Å². The van der Waals surface area contributed by atoms with Gasteiger partial charge in [-0.05, 0) is 11.6 Å². The number of hydrogen-bond donors (Lipinski definition) is 1. The number of nitrogens with zero attached hydrogens (tertiary/aromatic N) is 1. The van der Waals surface area contributed by atoms with E-state index in [2.05, 4.69) is 4.98 Å². The monoisotopic (exact) mass is 188 g/mol. The topological polar surface area (TPSA) is 38.9 Å². The van der Waals surface area contributed by atoms with Crippen LogP contribution in [0.2, 0.25) is 0 Å². The summed E-state index contributed by atoms with van der Waals surface area (Å²) in [4.78, 5) is 3.76. The third kappa shape index (κ3) is 1.57. The zero-order valence-electron chi connectivity index (χ0n) is 7.44. The number of benzene rings is 1. The maximum Gasteiger partial charge on any atom is 0.165 e. The first kappa shape index (κ1) is 8.69. The Labute approximate surface area is 81.2 Å². The minimum absolute atomic E-state index is 0.0651. The molecule has 2 N–H and O–H groups in total.